The summed E-state index contributed by atoms with van der Waals surface area (Å²) in [5.74, 6) is 0.0954. The molecule has 1 aromatic rings. The number of rotatable bonds is 3. The Morgan fingerprint density at radius 3 is 2.87 bits per heavy atom. The molecule has 0 bridgehead atoms. The van der Waals surface area contributed by atoms with Crippen LogP contribution in [0.15, 0.2) is 47.3 Å². The van der Waals surface area contributed by atoms with E-state index >= 15 is 0 Å². The molecule has 1 saturated carbocycles. The molecule has 3 rings (SSSR count). The van der Waals surface area contributed by atoms with Crippen molar-refractivity contribution in [3.05, 3.63) is 42.2 Å². The van der Waals surface area contributed by atoms with Crippen molar-refractivity contribution in [2.24, 2.45) is 11.0 Å². The highest BCUT2D eigenvalue weighted by Gasteiger charge is 2.36. The van der Waals surface area contributed by atoms with Gasteiger partial charge in [0.25, 0.3) is 0 Å². The average molecular weight is 329 g/mol. The summed E-state index contributed by atoms with van der Waals surface area (Å²) in [6, 6.07) is 9.57. The van der Waals surface area contributed by atoms with Crippen LogP contribution < -0.4 is 10.7 Å². The lowest BCUT2D eigenvalue weighted by Gasteiger charge is -2.33. The van der Waals surface area contributed by atoms with Crippen molar-refractivity contribution in [3.63, 3.8) is 0 Å². The van der Waals surface area contributed by atoms with Gasteiger partial charge in [-0.15, -0.1) is 0 Å². The van der Waals surface area contributed by atoms with Crippen LogP contribution >= 0.6 is 12.2 Å². The standard InChI is InChI=1S/C17H19N3O2S/c21-16-12(11-22-15-9-5-4-8-14(15)16)10-18-20-17(23)19-13-6-2-1-3-7-13/h1-3,6-7,10-11,14-15H,4-5,8-9H2,(H2,19,20,23)/b18-10+. The molecule has 6 heteroatoms. The SMILES string of the molecule is O=C1C(/C=N/NC(=S)Nc2ccccc2)=COC2CCCCC12. The Hall–Kier alpha value is -2.21. The zero-order chi connectivity index (χ0) is 16.1. The Labute approximate surface area is 140 Å². The third-order valence-corrected chi connectivity index (χ3v) is 4.29. The first-order valence-corrected chi connectivity index (χ1v) is 8.20. The Balaban J connectivity index is 1.54. The van der Waals surface area contributed by atoms with E-state index in [0.29, 0.717) is 10.7 Å². The van der Waals surface area contributed by atoms with Gasteiger partial charge >= 0.3 is 0 Å². The fraction of sp³-hybridized carbons (Fsp3) is 0.353. The van der Waals surface area contributed by atoms with Crippen LogP contribution in [0.4, 0.5) is 5.69 Å². The number of nitrogens with zero attached hydrogens (tertiary/aromatic N) is 1. The molecule has 0 saturated heterocycles. The van der Waals surface area contributed by atoms with Gasteiger partial charge in [0, 0.05) is 5.69 Å². The highest BCUT2D eigenvalue weighted by molar-refractivity contribution is 7.80. The molecule has 0 radical (unpaired) electrons. The average Bonchev–Trinajstić information content (AvgIpc) is 2.58. The number of benzene rings is 1. The smallest absolute Gasteiger partial charge is 0.191 e. The Kier molecular flexibility index (Phi) is 5.02. The van der Waals surface area contributed by atoms with Gasteiger partial charge in [0.1, 0.15) is 6.10 Å². The van der Waals surface area contributed by atoms with E-state index in [4.69, 9.17) is 17.0 Å². The highest BCUT2D eigenvalue weighted by Crippen LogP contribution is 2.32. The van der Waals surface area contributed by atoms with Crippen LogP contribution in [0, 0.1) is 5.92 Å². The molecular formula is C17H19N3O2S. The van der Waals surface area contributed by atoms with E-state index < -0.39 is 0 Å². The van der Waals surface area contributed by atoms with Gasteiger partial charge in [-0.05, 0) is 43.6 Å². The first kappa shape index (κ1) is 15.7. The minimum Gasteiger partial charge on any atom is -0.496 e. The number of ether oxygens (including phenoxy) is 1. The Morgan fingerprint density at radius 2 is 2.04 bits per heavy atom. The summed E-state index contributed by atoms with van der Waals surface area (Å²) in [6.45, 7) is 0. The van der Waals surface area contributed by atoms with E-state index in [1.165, 1.54) is 12.5 Å². The maximum atomic E-state index is 12.4. The minimum atomic E-state index is -0.0235. The van der Waals surface area contributed by atoms with Gasteiger partial charge < -0.3 is 10.1 Å². The molecule has 2 atom stereocenters. The van der Waals surface area contributed by atoms with Crippen molar-refractivity contribution in [2.75, 3.05) is 5.32 Å². The number of carbonyl (C=O) groups excluding carboxylic acids is 1. The molecule has 1 heterocycles. The summed E-state index contributed by atoms with van der Waals surface area (Å²) >= 11 is 5.15. The second-order valence-corrected chi connectivity index (χ2v) is 6.10. The van der Waals surface area contributed by atoms with Crippen LogP contribution in [0.1, 0.15) is 25.7 Å². The van der Waals surface area contributed by atoms with Crippen molar-refractivity contribution >= 4 is 35.0 Å². The van der Waals surface area contributed by atoms with Gasteiger partial charge in [0.05, 0.1) is 24.0 Å². The molecule has 0 spiro atoms. The van der Waals surface area contributed by atoms with Crippen LogP contribution in [0.3, 0.4) is 0 Å². The third kappa shape index (κ3) is 3.96. The normalized spacial score (nSPS) is 23.7. The first-order valence-electron chi connectivity index (χ1n) is 7.79. The number of fused-ring (bicyclic) bond motifs is 1. The molecule has 2 aliphatic rings. The van der Waals surface area contributed by atoms with E-state index in [9.17, 15) is 4.79 Å². The number of hydrazone groups is 1. The largest absolute Gasteiger partial charge is 0.496 e. The molecule has 2 N–H and O–H groups in total. The molecule has 1 fully saturated rings. The summed E-state index contributed by atoms with van der Waals surface area (Å²) in [7, 11) is 0. The number of thiocarbonyl (C=S) groups is 1. The fourth-order valence-corrected chi connectivity index (χ4v) is 3.10. The molecule has 5 nitrogen and oxygen atoms in total. The lowest BCUT2D eigenvalue weighted by atomic mass is 9.80. The van der Waals surface area contributed by atoms with Crippen LogP contribution in [0.2, 0.25) is 0 Å². The van der Waals surface area contributed by atoms with Crippen LogP contribution in [-0.4, -0.2) is 23.2 Å². The zero-order valence-corrected chi connectivity index (χ0v) is 13.5. The Bertz CT molecular complexity index is 642. The fourth-order valence-electron chi connectivity index (χ4n) is 2.93. The van der Waals surface area contributed by atoms with Crippen LogP contribution in [0.25, 0.3) is 0 Å². The van der Waals surface area contributed by atoms with Crippen molar-refractivity contribution in [1.82, 2.24) is 5.43 Å². The van der Waals surface area contributed by atoms with Gasteiger partial charge in [-0.3, -0.25) is 10.2 Å². The molecule has 1 aliphatic carbocycles. The van der Waals surface area contributed by atoms with E-state index in [0.717, 1.165) is 31.4 Å². The Morgan fingerprint density at radius 1 is 1.26 bits per heavy atom. The van der Waals surface area contributed by atoms with Crippen molar-refractivity contribution in [1.29, 1.82) is 0 Å². The number of hydrogen-bond donors (Lipinski definition) is 2. The first-order chi connectivity index (χ1) is 11.2. The molecule has 0 aromatic heterocycles. The number of ketones is 1. The number of hydrogen-bond acceptors (Lipinski definition) is 4. The van der Waals surface area contributed by atoms with Crippen molar-refractivity contribution in [2.45, 2.75) is 31.8 Å². The van der Waals surface area contributed by atoms with E-state index in [1.54, 1.807) is 0 Å². The van der Waals surface area contributed by atoms with Crippen molar-refractivity contribution in [3.8, 4) is 0 Å². The van der Waals surface area contributed by atoms with Gasteiger partial charge in [0.2, 0.25) is 0 Å². The summed E-state index contributed by atoms with van der Waals surface area (Å²) in [5, 5.41) is 7.41. The van der Waals surface area contributed by atoms with Gasteiger partial charge in [0.15, 0.2) is 10.9 Å². The van der Waals surface area contributed by atoms with E-state index in [-0.39, 0.29) is 17.8 Å². The zero-order valence-electron chi connectivity index (χ0n) is 12.7. The number of Topliss-reactive ketones (excluding diaryl/α,β-unsaturated/α-hetero) is 1. The molecular weight excluding hydrogens is 310 g/mol. The predicted molar refractivity (Wildman–Crippen MR) is 94.2 cm³/mol. The second-order valence-electron chi connectivity index (χ2n) is 5.69. The number of para-hydroxylation sites is 1. The van der Waals surface area contributed by atoms with Gasteiger partial charge in [-0.25, -0.2) is 0 Å². The molecule has 1 aromatic carbocycles. The molecule has 23 heavy (non-hydrogen) atoms. The number of allylic oxidation sites excluding steroid dienone is 1. The molecule has 2 unspecified atom stereocenters. The number of nitrogens with one attached hydrogen (secondary N) is 2. The van der Waals surface area contributed by atoms with Crippen LogP contribution in [-0.2, 0) is 9.53 Å². The van der Waals surface area contributed by atoms with Gasteiger partial charge in [-0.2, -0.15) is 5.10 Å². The van der Waals surface area contributed by atoms with E-state index in [2.05, 4.69) is 15.8 Å². The molecule has 0 amide bonds. The lowest BCUT2D eigenvalue weighted by molar-refractivity contribution is -0.126. The predicted octanol–water partition coefficient (Wildman–Crippen LogP) is 3.00. The lowest BCUT2D eigenvalue weighted by Crippen LogP contribution is -2.37. The van der Waals surface area contributed by atoms with Crippen molar-refractivity contribution < 1.29 is 9.53 Å². The summed E-state index contributed by atoms with van der Waals surface area (Å²) in [6.07, 6.45) is 7.12. The maximum absolute atomic E-state index is 12.4. The second kappa shape index (κ2) is 7.37. The minimum absolute atomic E-state index is 0.0235. The summed E-state index contributed by atoms with van der Waals surface area (Å²) < 4.78 is 5.67. The van der Waals surface area contributed by atoms with Gasteiger partial charge in [-0.1, -0.05) is 24.6 Å². The maximum Gasteiger partial charge on any atom is 0.191 e. The summed E-state index contributed by atoms with van der Waals surface area (Å²) in [5.41, 5.74) is 4.08. The van der Waals surface area contributed by atoms with Crippen LogP contribution in [0.5, 0.6) is 0 Å². The molecule has 1 aliphatic heterocycles. The monoisotopic (exact) mass is 329 g/mol. The van der Waals surface area contributed by atoms with E-state index in [1.807, 2.05) is 30.3 Å². The number of carbonyl (C=O) groups is 1. The topological polar surface area (TPSA) is 62.7 Å². The third-order valence-electron chi connectivity index (χ3n) is 4.10. The quantitative estimate of drug-likeness (QED) is 0.507. The highest BCUT2D eigenvalue weighted by atomic mass is 32.1. The number of anilines is 1. The molecule has 120 valence electrons. The summed E-state index contributed by atoms with van der Waals surface area (Å²) in [4.78, 5) is 12.4.